The Morgan fingerprint density at radius 1 is 1.44 bits per heavy atom. The van der Waals surface area contributed by atoms with Crippen molar-refractivity contribution in [2.75, 3.05) is 0 Å². The summed E-state index contributed by atoms with van der Waals surface area (Å²) in [6.45, 7) is 6.44. The number of carbonyl (C=O) groups is 1. The topological polar surface area (TPSA) is 29.1 Å². The van der Waals surface area contributed by atoms with Crippen LogP contribution in [0.4, 0.5) is 0 Å². The molecule has 1 atom stereocenters. The Bertz CT molecular complexity index is 347. The lowest BCUT2D eigenvalue weighted by atomic mass is 10.0. The zero-order chi connectivity index (χ0) is 12.1. The van der Waals surface area contributed by atoms with E-state index in [4.69, 9.17) is 0 Å². The number of thiol groups is 1. The lowest BCUT2D eigenvalue weighted by Crippen LogP contribution is -2.32. The zero-order valence-electron chi connectivity index (χ0n) is 9.99. The zero-order valence-corrected chi connectivity index (χ0v) is 11.7. The van der Waals surface area contributed by atoms with Crippen LogP contribution in [-0.2, 0) is 0 Å². The molecule has 1 heterocycles. The van der Waals surface area contributed by atoms with Crippen molar-refractivity contribution < 1.29 is 4.79 Å². The number of hydrogen-bond donors (Lipinski definition) is 2. The minimum Gasteiger partial charge on any atom is -0.349 e. The van der Waals surface area contributed by atoms with Crippen LogP contribution >= 0.6 is 24.0 Å². The van der Waals surface area contributed by atoms with Gasteiger partial charge in [0.05, 0.1) is 4.88 Å². The first-order chi connectivity index (χ1) is 7.49. The second kappa shape index (κ2) is 6.30. The van der Waals surface area contributed by atoms with Gasteiger partial charge in [0.15, 0.2) is 0 Å². The van der Waals surface area contributed by atoms with Crippen LogP contribution in [0.3, 0.4) is 0 Å². The molecule has 1 aromatic rings. The Labute approximate surface area is 107 Å². The molecule has 16 heavy (non-hydrogen) atoms. The van der Waals surface area contributed by atoms with E-state index in [0.717, 1.165) is 22.6 Å². The summed E-state index contributed by atoms with van der Waals surface area (Å²) in [5.41, 5.74) is 0. The summed E-state index contributed by atoms with van der Waals surface area (Å²) in [7, 11) is 0. The van der Waals surface area contributed by atoms with Gasteiger partial charge in [-0.05, 0) is 31.7 Å². The van der Waals surface area contributed by atoms with E-state index < -0.39 is 0 Å². The predicted molar refractivity (Wildman–Crippen MR) is 72.6 cm³/mol. The summed E-state index contributed by atoms with van der Waals surface area (Å²) < 4.78 is 0. The van der Waals surface area contributed by atoms with E-state index in [9.17, 15) is 4.79 Å². The quantitative estimate of drug-likeness (QED) is 0.776. The first-order valence-electron chi connectivity index (χ1n) is 5.57. The molecule has 0 aliphatic heterocycles. The van der Waals surface area contributed by atoms with E-state index in [1.54, 1.807) is 6.07 Å². The molecule has 1 N–H and O–H groups in total. The number of thiophene rings is 1. The standard InChI is InChI=1S/C12H19NOS2/c1-8(2)4-5-9(3)13-12(14)11-6-10(15)7-16-11/h6-9,15H,4-5H2,1-3H3,(H,13,14). The predicted octanol–water partition coefficient (Wildman–Crippen LogP) is 3.59. The molecule has 0 aliphatic rings. The van der Waals surface area contributed by atoms with Gasteiger partial charge in [0.25, 0.3) is 5.91 Å². The van der Waals surface area contributed by atoms with Gasteiger partial charge >= 0.3 is 0 Å². The van der Waals surface area contributed by atoms with E-state index >= 15 is 0 Å². The van der Waals surface area contributed by atoms with Gasteiger partial charge in [-0.25, -0.2) is 0 Å². The van der Waals surface area contributed by atoms with Crippen LogP contribution in [0.1, 0.15) is 43.3 Å². The molecule has 0 bridgehead atoms. The van der Waals surface area contributed by atoms with Crippen molar-refractivity contribution in [3.8, 4) is 0 Å². The normalized spacial score (nSPS) is 12.8. The van der Waals surface area contributed by atoms with Crippen molar-refractivity contribution in [2.24, 2.45) is 5.92 Å². The fourth-order valence-corrected chi connectivity index (χ4v) is 2.45. The Kier molecular flexibility index (Phi) is 5.35. The van der Waals surface area contributed by atoms with Crippen LogP contribution in [0.2, 0.25) is 0 Å². The highest BCUT2D eigenvalue weighted by Crippen LogP contribution is 2.17. The molecular formula is C12H19NOS2. The van der Waals surface area contributed by atoms with Crippen molar-refractivity contribution in [1.29, 1.82) is 0 Å². The maximum absolute atomic E-state index is 11.8. The summed E-state index contributed by atoms with van der Waals surface area (Å²) in [5.74, 6) is 0.701. The molecular weight excluding hydrogens is 238 g/mol. The molecule has 0 fully saturated rings. The average Bonchev–Trinajstić information content (AvgIpc) is 2.62. The maximum Gasteiger partial charge on any atom is 0.261 e. The highest BCUT2D eigenvalue weighted by Gasteiger charge is 2.11. The highest BCUT2D eigenvalue weighted by molar-refractivity contribution is 7.80. The molecule has 4 heteroatoms. The Balaban J connectivity index is 2.39. The van der Waals surface area contributed by atoms with E-state index in [1.807, 2.05) is 5.38 Å². The second-order valence-corrected chi connectivity index (χ2v) is 5.94. The number of rotatable bonds is 5. The van der Waals surface area contributed by atoms with Crippen molar-refractivity contribution in [3.05, 3.63) is 16.3 Å². The molecule has 1 amide bonds. The summed E-state index contributed by atoms with van der Waals surface area (Å²) in [4.78, 5) is 13.4. The number of amides is 1. The lowest BCUT2D eigenvalue weighted by Gasteiger charge is -2.14. The molecule has 1 aromatic heterocycles. The fraction of sp³-hybridized carbons (Fsp3) is 0.583. The van der Waals surface area contributed by atoms with Crippen molar-refractivity contribution in [1.82, 2.24) is 5.32 Å². The SMILES string of the molecule is CC(C)CCC(C)NC(=O)c1cc(S)cs1. The second-order valence-electron chi connectivity index (χ2n) is 4.51. The molecule has 1 unspecified atom stereocenters. The number of carbonyl (C=O) groups excluding carboxylic acids is 1. The molecule has 0 saturated carbocycles. The van der Waals surface area contributed by atoms with Gasteiger partial charge in [-0.15, -0.1) is 24.0 Å². The fourth-order valence-electron chi connectivity index (χ4n) is 1.40. The van der Waals surface area contributed by atoms with Gasteiger partial charge in [0.1, 0.15) is 0 Å². The van der Waals surface area contributed by atoms with Crippen molar-refractivity contribution in [3.63, 3.8) is 0 Å². The van der Waals surface area contributed by atoms with Crippen LogP contribution in [-0.4, -0.2) is 11.9 Å². The summed E-state index contributed by atoms with van der Waals surface area (Å²) in [6.07, 6.45) is 2.17. The molecule has 1 rings (SSSR count). The highest BCUT2D eigenvalue weighted by atomic mass is 32.1. The number of nitrogens with one attached hydrogen (secondary N) is 1. The van der Waals surface area contributed by atoms with Gasteiger partial charge in [0.2, 0.25) is 0 Å². The van der Waals surface area contributed by atoms with Crippen LogP contribution < -0.4 is 5.32 Å². The Morgan fingerprint density at radius 3 is 2.62 bits per heavy atom. The van der Waals surface area contributed by atoms with Gasteiger partial charge in [-0.2, -0.15) is 0 Å². The van der Waals surface area contributed by atoms with Crippen molar-refractivity contribution in [2.45, 2.75) is 44.6 Å². The van der Waals surface area contributed by atoms with Crippen molar-refractivity contribution >= 4 is 29.9 Å². The first kappa shape index (κ1) is 13.6. The molecule has 90 valence electrons. The monoisotopic (exact) mass is 257 g/mol. The van der Waals surface area contributed by atoms with Gasteiger partial charge in [0, 0.05) is 16.3 Å². The van der Waals surface area contributed by atoms with E-state index in [2.05, 4.69) is 38.7 Å². The minimum atomic E-state index is 0.0153. The lowest BCUT2D eigenvalue weighted by molar-refractivity contribution is 0.0941. The number of hydrogen-bond acceptors (Lipinski definition) is 3. The van der Waals surface area contributed by atoms with Crippen LogP contribution in [0.15, 0.2) is 16.3 Å². The minimum absolute atomic E-state index is 0.0153. The Hall–Kier alpha value is -0.480. The van der Waals surface area contributed by atoms with Gasteiger partial charge < -0.3 is 5.32 Å². The summed E-state index contributed by atoms with van der Waals surface area (Å²) in [6, 6.07) is 2.04. The molecule has 0 aliphatic carbocycles. The first-order valence-corrected chi connectivity index (χ1v) is 6.90. The van der Waals surface area contributed by atoms with Crippen LogP contribution in [0.5, 0.6) is 0 Å². The van der Waals surface area contributed by atoms with E-state index in [1.165, 1.54) is 11.3 Å². The third-order valence-corrected chi connectivity index (χ3v) is 3.73. The third kappa shape index (κ3) is 4.58. The summed E-state index contributed by atoms with van der Waals surface area (Å²) in [5, 5.41) is 4.87. The Morgan fingerprint density at radius 2 is 2.12 bits per heavy atom. The third-order valence-electron chi connectivity index (χ3n) is 2.36. The van der Waals surface area contributed by atoms with Crippen LogP contribution in [0, 0.1) is 5.92 Å². The average molecular weight is 257 g/mol. The van der Waals surface area contributed by atoms with Gasteiger partial charge in [-0.3, -0.25) is 4.79 Å². The molecule has 0 saturated heterocycles. The van der Waals surface area contributed by atoms with E-state index in [-0.39, 0.29) is 11.9 Å². The van der Waals surface area contributed by atoms with Gasteiger partial charge in [-0.1, -0.05) is 13.8 Å². The smallest absolute Gasteiger partial charge is 0.261 e. The molecule has 0 aromatic carbocycles. The summed E-state index contributed by atoms with van der Waals surface area (Å²) >= 11 is 5.62. The maximum atomic E-state index is 11.8. The molecule has 0 radical (unpaired) electrons. The molecule has 2 nitrogen and oxygen atoms in total. The largest absolute Gasteiger partial charge is 0.349 e. The van der Waals surface area contributed by atoms with E-state index in [0.29, 0.717) is 5.92 Å². The van der Waals surface area contributed by atoms with Crippen LogP contribution in [0.25, 0.3) is 0 Å². The molecule has 0 spiro atoms.